The Balaban J connectivity index is 0.000000259. The fraction of sp³-hybridized carbons (Fsp3) is 0.444. The second kappa shape index (κ2) is 35.9. The van der Waals surface area contributed by atoms with Gasteiger partial charge in [0, 0.05) is 91.3 Å². The number of thiophene rings is 4. The van der Waals surface area contributed by atoms with E-state index in [0.29, 0.717) is 64.6 Å². The number of carbonyl (C=O) groups excluding carboxylic acids is 8. The topological polar surface area (TPSA) is 258 Å². The lowest BCUT2D eigenvalue weighted by atomic mass is 10.0. The molecular weight excluding hydrogens is 1430 g/mol. The van der Waals surface area contributed by atoms with Crippen LogP contribution in [0.1, 0.15) is 146 Å². The second-order valence-electron chi connectivity index (χ2n) is 25.0. The van der Waals surface area contributed by atoms with Gasteiger partial charge in [0.1, 0.15) is 11.2 Å². The van der Waals surface area contributed by atoms with E-state index in [1.165, 1.54) is 77.5 Å². The zero-order valence-corrected chi connectivity index (χ0v) is 63.0. The van der Waals surface area contributed by atoms with Gasteiger partial charge in [-0.3, -0.25) is 38.4 Å². The molecule has 4 heterocycles. The number of esters is 4. The number of alkyl halides is 1. The maximum Gasteiger partial charge on any atom is 0.309 e. The number of hydrogen-bond acceptors (Lipinski definition) is 24. The smallest absolute Gasteiger partial charge is 0.309 e. The number of halogens is 3. The Morgan fingerprint density at radius 2 is 0.758 bits per heavy atom. The molecular formula is C72H83BrF2O20S4. The second-order valence-corrected chi connectivity index (χ2v) is 30.1. The van der Waals surface area contributed by atoms with Gasteiger partial charge in [0.25, 0.3) is 0 Å². The molecule has 0 aliphatic rings. The number of rotatable bonds is 30. The van der Waals surface area contributed by atoms with E-state index in [4.69, 9.17) is 47.4 Å². The number of ether oxygens (including phenoxy) is 11. The van der Waals surface area contributed by atoms with Crippen molar-refractivity contribution in [2.24, 2.45) is 23.7 Å². The average Bonchev–Trinajstić information content (AvgIpc) is 1.69. The van der Waals surface area contributed by atoms with Crippen molar-refractivity contribution < 1.29 is 104 Å². The van der Waals surface area contributed by atoms with Gasteiger partial charge in [-0.25, -0.2) is 8.78 Å². The Kier molecular flexibility index (Phi) is 29.0. The van der Waals surface area contributed by atoms with Gasteiger partial charge in [0.05, 0.1) is 106 Å². The average molecular weight is 1510 g/mol. The number of aromatic hydroxyl groups is 1. The summed E-state index contributed by atoms with van der Waals surface area (Å²) in [5.74, 6) is -4.21. The van der Waals surface area contributed by atoms with Crippen LogP contribution in [-0.4, -0.2) is 131 Å². The highest BCUT2D eigenvalue weighted by molar-refractivity contribution is 9.09. The molecule has 99 heavy (non-hydrogen) atoms. The van der Waals surface area contributed by atoms with E-state index in [9.17, 15) is 47.9 Å². The fourth-order valence-corrected chi connectivity index (χ4v) is 13.9. The highest BCUT2D eigenvalue weighted by atomic mass is 79.9. The Labute approximate surface area is 597 Å². The number of phenolic OH excluding ortho intramolecular Hbond substituents is 1. The first-order chi connectivity index (χ1) is 46.7. The maximum atomic E-state index is 15.6. The lowest BCUT2D eigenvalue weighted by Crippen LogP contribution is -2.28. The van der Waals surface area contributed by atoms with E-state index in [-0.39, 0.29) is 102 Å². The lowest BCUT2D eigenvalue weighted by Gasteiger charge is -2.21. The first-order valence-corrected chi connectivity index (χ1v) is 35.8. The summed E-state index contributed by atoms with van der Waals surface area (Å²) < 4.78 is 91.8. The molecule has 4 aromatic heterocycles. The normalized spacial score (nSPS) is 12.6. The van der Waals surface area contributed by atoms with E-state index in [1.807, 2.05) is 0 Å². The third-order valence-corrected chi connectivity index (χ3v) is 19.7. The molecule has 0 bridgehead atoms. The lowest BCUT2D eigenvalue weighted by molar-refractivity contribution is -0.160. The van der Waals surface area contributed by atoms with Gasteiger partial charge in [-0.05, 0) is 95.1 Å². The highest BCUT2D eigenvalue weighted by Gasteiger charge is 2.29. The number of methoxy groups -OCH3 is 6. The van der Waals surface area contributed by atoms with Crippen LogP contribution in [-0.2, 0) is 38.1 Å². The van der Waals surface area contributed by atoms with Gasteiger partial charge in [-0.15, -0.1) is 45.3 Å². The molecule has 4 aromatic carbocycles. The molecule has 0 aliphatic carbocycles. The summed E-state index contributed by atoms with van der Waals surface area (Å²) in [4.78, 5) is 100. The summed E-state index contributed by atoms with van der Waals surface area (Å²) in [5, 5.41) is 12.6. The summed E-state index contributed by atoms with van der Waals surface area (Å²) >= 11 is 8.20. The third-order valence-electron chi connectivity index (χ3n) is 14.6. The van der Waals surface area contributed by atoms with Gasteiger partial charge in [0.2, 0.25) is 0 Å². The largest absolute Gasteiger partial charge is 0.504 e. The van der Waals surface area contributed by atoms with Crippen molar-refractivity contribution in [1.82, 2.24) is 0 Å². The molecule has 0 amide bonds. The fourth-order valence-electron chi connectivity index (χ4n) is 9.56. The van der Waals surface area contributed by atoms with Crippen LogP contribution < -0.4 is 33.2 Å². The summed E-state index contributed by atoms with van der Waals surface area (Å²) in [6, 6.07) is 16.6. The minimum absolute atomic E-state index is 0.00680. The van der Waals surface area contributed by atoms with E-state index in [1.54, 1.807) is 118 Å². The molecule has 0 fully saturated rings. The Morgan fingerprint density at radius 1 is 0.424 bits per heavy atom. The van der Waals surface area contributed by atoms with Crippen LogP contribution >= 0.6 is 61.3 Å². The summed E-state index contributed by atoms with van der Waals surface area (Å²) in [5.41, 5.74) is -1.20. The zero-order valence-electron chi connectivity index (χ0n) is 58.1. The Morgan fingerprint density at radius 3 is 1.13 bits per heavy atom. The summed E-state index contributed by atoms with van der Waals surface area (Å²) in [7, 11) is 8.38. The molecule has 4 atom stereocenters. The van der Waals surface area contributed by atoms with Crippen molar-refractivity contribution in [2.45, 2.75) is 119 Å². The minimum atomic E-state index is -0.651. The van der Waals surface area contributed by atoms with Crippen LogP contribution in [0.15, 0.2) is 60.7 Å². The van der Waals surface area contributed by atoms with Crippen molar-refractivity contribution >= 4 is 149 Å². The molecule has 27 heteroatoms. The monoisotopic (exact) mass is 1510 g/mol. The molecule has 0 spiro atoms. The predicted octanol–water partition coefficient (Wildman–Crippen LogP) is 16.8. The van der Waals surface area contributed by atoms with Crippen molar-refractivity contribution in [3.8, 4) is 46.0 Å². The molecule has 1 N–H and O–H groups in total. The summed E-state index contributed by atoms with van der Waals surface area (Å²) in [6.45, 7) is 18.0. The molecule has 0 aliphatic heterocycles. The third kappa shape index (κ3) is 21.8. The number of carbonyl (C=O) groups is 8. The first-order valence-electron chi connectivity index (χ1n) is 31.4. The Bertz CT molecular complexity index is 4230. The molecule has 8 rings (SSSR count). The number of benzene rings is 4. The molecule has 20 nitrogen and oxygen atoms in total. The predicted molar refractivity (Wildman–Crippen MR) is 383 cm³/mol. The van der Waals surface area contributed by atoms with Gasteiger partial charge in [-0.2, -0.15) is 0 Å². The number of phenols is 1. The van der Waals surface area contributed by atoms with E-state index in [0.717, 1.165) is 54.6 Å². The molecule has 0 radical (unpaired) electrons. The molecule has 0 saturated carbocycles. The number of Topliss-reactive ketones (excluding diaryl/α,β-unsaturated/α-hetero) is 4. The quantitative estimate of drug-likeness (QED) is 0.0144. The Hall–Kier alpha value is -7.98. The van der Waals surface area contributed by atoms with Crippen LogP contribution in [0, 0.1) is 35.3 Å². The highest BCUT2D eigenvalue weighted by Crippen LogP contribution is 2.44. The van der Waals surface area contributed by atoms with Crippen LogP contribution in [0.2, 0.25) is 0 Å². The van der Waals surface area contributed by atoms with Crippen LogP contribution in [0.3, 0.4) is 0 Å². The first kappa shape index (κ1) is 80.0. The standard InChI is InChI=1S/C36H41FO10S2.C18H20BrFO5S.C18H22O5S/c1-19(34(40)44-8)12-24(39)31-16-22-29(49-31)18-27(43-7)33(32(22)37)46-11-9-10-45-26-14-21-15-30(48-28(21)17-25(26)42-6)23(38)13-20(2)35(41)47-36(3,4)5;1-10(18(22)24-3)7-12(21)15-8-11-14(26-15)9-13(23-2)17(16(11)20)25-6-4-5-19;1-10(17(21)23-18(2,3)4)6-13(20)16-8-11-7-12(19)14(22-5)9-15(11)24-16/h14-20H,9-13H2,1-8H3;8-10H,4-7H2,1-3H3;7-10,19H,6H2,1-5H3/t19-,20-;2*10-/m000/s1. The molecule has 0 unspecified atom stereocenters. The van der Waals surface area contributed by atoms with Crippen molar-refractivity contribution in [3.05, 3.63) is 91.8 Å². The van der Waals surface area contributed by atoms with Crippen LogP contribution in [0.25, 0.3) is 40.3 Å². The van der Waals surface area contributed by atoms with E-state index >= 15 is 4.39 Å². The van der Waals surface area contributed by atoms with Gasteiger partial charge >= 0.3 is 23.9 Å². The number of fused-ring (bicyclic) bond motifs is 4. The van der Waals surface area contributed by atoms with E-state index in [2.05, 4.69) is 20.7 Å². The number of ketones is 4. The van der Waals surface area contributed by atoms with Gasteiger partial charge in [-0.1, -0.05) is 43.6 Å². The number of hydrogen-bond donors (Lipinski definition) is 1. The summed E-state index contributed by atoms with van der Waals surface area (Å²) in [6.07, 6.45) is 1.18. The van der Waals surface area contributed by atoms with Gasteiger partial charge < -0.3 is 57.2 Å². The molecule has 8 aromatic rings. The SMILES string of the molecule is COC(=O)[C@@H](C)CC(=O)c1cc2c(F)c(OCCCBr)c(OC)cc2s1.COC(=O)[C@@H](C)CC(=O)c1cc2c(F)c(OCCCOc3cc4cc(C(=O)C[C@H](C)C(=O)OC(C)(C)C)sc4cc3OC)c(OC)cc2s1.COc1cc2sc(C(=O)C[C@H](C)C(=O)OC(C)(C)C)cc2cc1O. The maximum absolute atomic E-state index is 15.6. The van der Waals surface area contributed by atoms with Crippen molar-refractivity contribution in [2.75, 3.05) is 67.8 Å². The zero-order chi connectivity index (χ0) is 73.4. The van der Waals surface area contributed by atoms with Crippen LogP contribution in [0.5, 0.6) is 46.0 Å². The van der Waals surface area contributed by atoms with Crippen molar-refractivity contribution in [1.29, 1.82) is 0 Å². The minimum Gasteiger partial charge on any atom is -0.504 e. The van der Waals surface area contributed by atoms with Crippen LogP contribution in [0.4, 0.5) is 8.78 Å². The van der Waals surface area contributed by atoms with E-state index < -0.39 is 64.4 Å². The molecule has 0 saturated heterocycles. The molecule has 536 valence electrons. The van der Waals surface area contributed by atoms with Gasteiger partial charge in [0.15, 0.2) is 80.8 Å². The van der Waals surface area contributed by atoms with Crippen molar-refractivity contribution in [3.63, 3.8) is 0 Å².